The fourth-order valence-corrected chi connectivity index (χ4v) is 3.36. The predicted octanol–water partition coefficient (Wildman–Crippen LogP) is 6.15. The van der Waals surface area contributed by atoms with Crippen LogP contribution in [0.25, 0.3) is 11.0 Å². The van der Waals surface area contributed by atoms with Gasteiger partial charge in [0.05, 0.1) is 17.6 Å². The van der Waals surface area contributed by atoms with E-state index in [1.807, 2.05) is 96.9 Å². The van der Waals surface area contributed by atoms with Gasteiger partial charge in [-0.25, -0.2) is 0 Å². The van der Waals surface area contributed by atoms with E-state index < -0.39 is 0 Å². The molecule has 156 valence electrons. The number of para-hydroxylation sites is 2. The maximum absolute atomic E-state index is 6.03. The first-order valence-corrected chi connectivity index (χ1v) is 10.4. The number of furan rings is 1. The first kappa shape index (κ1) is 20.4. The van der Waals surface area contributed by atoms with Gasteiger partial charge in [0.1, 0.15) is 11.3 Å². The van der Waals surface area contributed by atoms with Crippen LogP contribution in [0.4, 0.5) is 11.4 Å². The van der Waals surface area contributed by atoms with Gasteiger partial charge in [-0.1, -0.05) is 36.4 Å². The SMILES string of the molecule is CCN(N=Cc1ccc2oc(C(C)=NN(C)c3ccccc3)cc2c1)c1ccccc1. The van der Waals surface area contributed by atoms with Crippen molar-refractivity contribution in [1.82, 2.24) is 0 Å². The molecule has 0 aliphatic heterocycles. The number of anilines is 2. The van der Waals surface area contributed by atoms with Gasteiger partial charge in [0, 0.05) is 19.0 Å². The molecule has 4 aromatic rings. The third kappa shape index (κ3) is 4.83. The number of benzene rings is 3. The number of rotatable bonds is 7. The second-order valence-electron chi connectivity index (χ2n) is 7.25. The third-order valence-electron chi connectivity index (χ3n) is 5.03. The van der Waals surface area contributed by atoms with Crippen molar-refractivity contribution in [2.24, 2.45) is 10.2 Å². The molecular formula is C26H26N4O. The average Bonchev–Trinajstić information content (AvgIpc) is 3.24. The molecule has 5 heteroatoms. The lowest BCUT2D eigenvalue weighted by Crippen LogP contribution is -2.15. The molecule has 0 aliphatic carbocycles. The molecule has 0 bridgehead atoms. The lowest BCUT2D eigenvalue weighted by atomic mass is 10.1. The Labute approximate surface area is 182 Å². The minimum absolute atomic E-state index is 0.756. The van der Waals surface area contributed by atoms with Crippen molar-refractivity contribution < 1.29 is 4.42 Å². The Morgan fingerprint density at radius 1 is 0.903 bits per heavy atom. The minimum Gasteiger partial charge on any atom is -0.455 e. The van der Waals surface area contributed by atoms with Gasteiger partial charge in [-0.05, 0) is 67.9 Å². The maximum atomic E-state index is 6.03. The molecule has 0 spiro atoms. The van der Waals surface area contributed by atoms with Gasteiger partial charge in [-0.15, -0.1) is 0 Å². The Bertz CT molecular complexity index is 1200. The molecule has 3 aromatic carbocycles. The summed E-state index contributed by atoms with van der Waals surface area (Å²) in [6.45, 7) is 4.84. The summed E-state index contributed by atoms with van der Waals surface area (Å²) in [6, 6.07) is 28.3. The lowest BCUT2D eigenvalue weighted by Gasteiger charge is -2.16. The van der Waals surface area contributed by atoms with Gasteiger partial charge in [0.2, 0.25) is 0 Å². The summed E-state index contributed by atoms with van der Waals surface area (Å²) in [5.74, 6) is 0.756. The second kappa shape index (κ2) is 9.30. The van der Waals surface area contributed by atoms with E-state index in [0.29, 0.717) is 0 Å². The summed E-state index contributed by atoms with van der Waals surface area (Å²) in [4.78, 5) is 0. The van der Waals surface area contributed by atoms with E-state index in [-0.39, 0.29) is 0 Å². The lowest BCUT2D eigenvalue weighted by molar-refractivity contribution is 0.603. The van der Waals surface area contributed by atoms with Crippen molar-refractivity contribution in [3.05, 3.63) is 96.3 Å². The predicted molar refractivity (Wildman–Crippen MR) is 130 cm³/mol. The zero-order chi connectivity index (χ0) is 21.6. The zero-order valence-electron chi connectivity index (χ0n) is 18.1. The Hall–Kier alpha value is -3.86. The molecule has 5 nitrogen and oxygen atoms in total. The molecule has 0 amide bonds. The summed E-state index contributed by atoms with van der Waals surface area (Å²) >= 11 is 0. The number of fused-ring (bicyclic) bond motifs is 1. The van der Waals surface area contributed by atoms with Gasteiger partial charge in [0.25, 0.3) is 0 Å². The van der Waals surface area contributed by atoms with Crippen LogP contribution < -0.4 is 10.0 Å². The quantitative estimate of drug-likeness (QED) is 0.271. The van der Waals surface area contributed by atoms with Crippen molar-refractivity contribution in [2.45, 2.75) is 13.8 Å². The van der Waals surface area contributed by atoms with E-state index in [0.717, 1.165) is 45.9 Å². The maximum Gasteiger partial charge on any atom is 0.151 e. The van der Waals surface area contributed by atoms with Gasteiger partial charge >= 0.3 is 0 Å². The highest BCUT2D eigenvalue weighted by molar-refractivity contribution is 6.01. The van der Waals surface area contributed by atoms with Crippen molar-refractivity contribution >= 4 is 34.3 Å². The summed E-state index contributed by atoms with van der Waals surface area (Å²) in [5.41, 5.74) is 4.77. The van der Waals surface area contributed by atoms with E-state index in [1.54, 1.807) is 0 Å². The van der Waals surface area contributed by atoms with Crippen LogP contribution in [0.1, 0.15) is 25.2 Å². The van der Waals surface area contributed by atoms with Crippen molar-refractivity contribution in [2.75, 3.05) is 23.6 Å². The van der Waals surface area contributed by atoms with Crippen LogP contribution in [0, 0.1) is 0 Å². The normalized spacial score (nSPS) is 11.9. The average molecular weight is 411 g/mol. The Morgan fingerprint density at radius 2 is 1.58 bits per heavy atom. The topological polar surface area (TPSA) is 44.3 Å². The Kier molecular flexibility index (Phi) is 6.13. The number of hydrogen-bond donors (Lipinski definition) is 0. The van der Waals surface area contributed by atoms with E-state index >= 15 is 0 Å². The Balaban J connectivity index is 1.55. The van der Waals surface area contributed by atoms with E-state index in [9.17, 15) is 0 Å². The second-order valence-corrected chi connectivity index (χ2v) is 7.25. The van der Waals surface area contributed by atoms with Crippen molar-refractivity contribution in [3.63, 3.8) is 0 Å². The largest absolute Gasteiger partial charge is 0.455 e. The van der Waals surface area contributed by atoms with Gasteiger partial charge in [-0.2, -0.15) is 10.2 Å². The first-order valence-electron chi connectivity index (χ1n) is 10.4. The standard InChI is InChI=1S/C26H26N4O/c1-4-30(24-13-9-6-10-14-24)27-19-21-15-16-25-22(17-21)18-26(31-25)20(2)28-29(3)23-11-7-5-8-12-23/h5-19H,4H2,1-3H3. The van der Waals surface area contributed by atoms with Gasteiger partial charge in [0.15, 0.2) is 5.76 Å². The van der Waals surface area contributed by atoms with Crippen LogP contribution in [0.3, 0.4) is 0 Å². The number of hydrogen-bond acceptors (Lipinski definition) is 5. The molecular weight excluding hydrogens is 384 g/mol. The molecule has 0 N–H and O–H groups in total. The molecule has 0 fully saturated rings. The van der Waals surface area contributed by atoms with E-state index in [4.69, 9.17) is 4.42 Å². The molecule has 0 saturated carbocycles. The fourth-order valence-electron chi connectivity index (χ4n) is 3.36. The Morgan fingerprint density at radius 3 is 2.26 bits per heavy atom. The first-order chi connectivity index (χ1) is 15.1. The third-order valence-corrected chi connectivity index (χ3v) is 5.03. The molecule has 1 heterocycles. The summed E-state index contributed by atoms with van der Waals surface area (Å²) in [5, 5.41) is 14.2. The van der Waals surface area contributed by atoms with Gasteiger partial charge < -0.3 is 4.42 Å². The van der Waals surface area contributed by atoms with Crippen LogP contribution in [0.2, 0.25) is 0 Å². The molecule has 4 rings (SSSR count). The van der Waals surface area contributed by atoms with Crippen molar-refractivity contribution in [3.8, 4) is 0 Å². The summed E-state index contributed by atoms with van der Waals surface area (Å²) < 4.78 is 6.03. The monoisotopic (exact) mass is 410 g/mol. The molecule has 0 unspecified atom stereocenters. The van der Waals surface area contributed by atoms with Crippen LogP contribution in [-0.4, -0.2) is 25.5 Å². The van der Waals surface area contributed by atoms with Crippen LogP contribution in [-0.2, 0) is 0 Å². The molecule has 0 aliphatic rings. The van der Waals surface area contributed by atoms with E-state index in [1.165, 1.54) is 0 Å². The van der Waals surface area contributed by atoms with Crippen LogP contribution >= 0.6 is 0 Å². The summed E-state index contributed by atoms with van der Waals surface area (Å²) in [7, 11) is 1.93. The van der Waals surface area contributed by atoms with Crippen molar-refractivity contribution in [1.29, 1.82) is 0 Å². The van der Waals surface area contributed by atoms with Crippen LogP contribution in [0.15, 0.2) is 99.5 Å². The fraction of sp³-hybridized carbons (Fsp3) is 0.154. The minimum atomic E-state index is 0.756. The molecule has 0 saturated heterocycles. The van der Waals surface area contributed by atoms with E-state index in [2.05, 4.69) is 35.3 Å². The molecule has 0 atom stereocenters. The molecule has 1 aromatic heterocycles. The summed E-state index contributed by atoms with van der Waals surface area (Å²) in [6.07, 6.45) is 1.88. The molecule has 0 radical (unpaired) electrons. The highest BCUT2D eigenvalue weighted by Gasteiger charge is 2.09. The number of hydrazone groups is 2. The highest BCUT2D eigenvalue weighted by atomic mass is 16.3. The molecule has 31 heavy (non-hydrogen) atoms. The zero-order valence-corrected chi connectivity index (χ0v) is 18.1. The highest BCUT2D eigenvalue weighted by Crippen LogP contribution is 2.22. The smallest absolute Gasteiger partial charge is 0.151 e. The number of nitrogens with zero attached hydrogens (tertiary/aromatic N) is 4. The van der Waals surface area contributed by atoms with Gasteiger partial charge in [-0.3, -0.25) is 10.0 Å². The van der Waals surface area contributed by atoms with Crippen LogP contribution in [0.5, 0.6) is 0 Å².